The zero-order valence-corrected chi connectivity index (χ0v) is 11.6. The number of hydrogen-bond acceptors (Lipinski definition) is 3. The van der Waals surface area contributed by atoms with Crippen LogP contribution in [0.1, 0.15) is 33.6 Å². The summed E-state index contributed by atoms with van der Waals surface area (Å²) in [5.41, 5.74) is 8.18. The number of carbonyl (C=O) groups is 2. The van der Waals surface area contributed by atoms with Crippen molar-refractivity contribution in [2.45, 2.75) is 12.8 Å². The summed E-state index contributed by atoms with van der Waals surface area (Å²) in [5.74, 6) is -0.00430. The van der Waals surface area contributed by atoms with E-state index in [0.29, 0.717) is 41.9 Å². The summed E-state index contributed by atoms with van der Waals surface area (Å²) in [5, 5.41) is 0. The van der Waals surface area contributed by atoms with Crippen molar-refractivity contribution in [1.29, 1.82) is 0 Å². The van der Waals surface area contributed by atoms with Gasteiger partial charge in [0.2, 0.25) is 0 Å². The van der Waals surface area contributed by atoms with Crippen LogP contribution in [-0.4, -0.2) is 18.2 Å². The van der Waals surface area contributed by atoms with E-state index in [4.69, 9.17) is 5.73 Å². The number of rotatable bonds is 1. The fraction of sp³-hybridized carbons (Fsp3) is 0.176. The number of benzene rings is 2. The van der Waals surface area contributed by atoms with E-state index >= 15 is 0 Å². The Balaban J connectivity index is 2.01. The second-order valence-corrected chi connectivity index (χ2v) is 5.12. The number of nitrogens with two attached hydrogens (primary N) is 1. The van der Waals surface area contributed by atoms with Gasteiger partial charge in [-0.3, -0.25) is 9.59 Å². The Morgan fingerprint density at radius 1 is 1.05 bits per heavy atom. The molecule has 106 valence electrons. The fourth-order valence-corrected chi connectivity index (χ4v) is 2.59. The lowest BCUT2D eigenvalue weighted by Gasteiger charge is -2.22. The third-order valence-electron chi connectivity index (χ3n) is 3.68. The molecule has 0 aliphatic carbocycles. The van der Waals surface area contributed by atoms with E-state index in [1.165, 1.54) is 0 Å². The Morgan fingerprint density at radius 3 is 2.52 bits per heavy atom. The molecule has 2 N–H and O–H groups in total. The Kier molecular flexibility index (Phi) is 3.44. The minimum absolute atomic E-state index is 0.0956. The summed E-state index contributed by atoms with van der Waals surface area (Å²) in [6.45, 7) is 0.548. The van der Waals surface area contributed by atoms with Gasteiger partial charge in [0.05, 0.1) is 5.69 Å². The van der Waals surface area contributed by atoms with Gasteiger partial charge in [-0.05, 0) is 42.8 Å². The van der Waals surface area contributed by atoms with Crippen LogP contribution in [0.3, 0.4) is 0 Å². The van der Waals surface area contributed by atoms with E-state index in [1.54, 1.807) is 35.2 Å². The molecular weight excluding hydrogens is 264 g/mol. The number of fused-ring (bicyclic) bond motifs is 1. The Morgan fingerprint density at radius 2 is 1.76 bits per heavy atom. The molecule has 0 saturated carbocycles. The van der Waals surface area contributed by atoms with Crippen LogP contribution in [0.4, 0.5) is 11.4 Å². The van der Waals surface area contributed by atoms with Crippen LogP contribution in [0, 0.1) is 0 Å². The average Bonchev–Trinajstić information content (AvgIpc) is 2.67. The van der Waals surface area contributed by atoms with E-state index < -0.39 is 0 Å². The van der Waals surface area contributed by atoms with Crippen LogP contribution in [0.2, 0.25) is 0 Å². The lowest BCUT2D eigenvalue weighted by Crippen LogP contribution is -2.31. The Hall–Kier alpha value is -2.62. The topological polar surface area (TPSA) is 63.4 Å². The highest BCUT2D eigenvalue weighted by Crippen LogP contribution is 2.27. The lowest BCUT2D eigenvalue weighted by molar-refractivity contribution is 0.0974. The van der Waals surface area contributed by atoms with Crippen molar-refractivity contribution in [2.75, 3.05) is 17.2 Å². The van der Waals surface area contributed by atoms with Crippen molar-refractivity contribution < 1.29 is 9.59 Å². The third-order valence-corrected chi connectivity index (χ3v) is 3.68. The minimum Gasteiger partial charge on any atom is -0.399 e. The number of para-hydroxylation sites is 1. The van der Waals surface area contributed by atoms with Crippen molar-refractivity contribution in [3.8, 4) is 0 Å². The van der Waals surface area contributed by atoms with Gasteiger partial charge in [-0.2, -0.15) is 0 Å². The maximum absolute atomic E-state index is 12.7. The van der Waals surface area contributed by atoms with Crippen LogP contribution in [0.15, 0.2) is 48.5 Å². The summed E-state index contributed by atoms with van der Waals surface area (Å²) in [6.07, 6.45) is 1.15. The third kappa shape index (κ3) is 2.52. The van der Waals surface area contributed by atoms with Crippen molar-refractivity contribution in [3.63, 3.8) is 0 Å². The molecule has 0 radical (unpaired) electrons. The van der Waals surface area contributed by atoms with Crippen LogP contribution in [-0.2, 0) is 0 Å². The van der Waals surface area contributed by atoms with Crippen LogP contribution < -0.4 is 10.6 Å². The average molecular weight is 280 g/mol. The largest absolute Gasteiger partial charge is 0.399 e. The van der Waals surface area contributed by atoms with Crippen LogP contribution >= 0.6 is 0 Å². The maximum Gasteiger partial charge on any atom is 0.258 e. The smallest absolute Gasteiger partial charge is 0.258 e. The van der Waals surface area contributed by atoms with E-state index in [9.17, 15) is 9.59 Å². The van der Waals surface area contributed by atoms with Gasteiger partial charge >= 0.3 is 0 Å². The van der Waals surface area contributed by atoms with Gasteiger partial charge in [-0.15, -0.1) is 0 Å². The van der Waals surface area contributed by atoms with E-state index in [0.717, 1.165) is 0 Å². The molecule has 4 heteroatoms. The molecule has 0 saturated heterocycles. The number of anilines is 2. The molecule has 0 bridgehead atoms. The quantitative estimate of drug-likeness (QED) is 0.817. The number of hydrogen-bond donors (Lipinski definition) is 1. The van der Waals surface area contributed by atoms with Crippen molar-refractivity contribution in [3.05, 3.63) is 59.7 Å². The van der Waals surface area contributed by atoms with Crippen molar-refractivity contribution >= 4 is 23.1 Å². The monoisotopic (exact) mass is 280 g/mol. The molecule has 0 fully saturated rings. The highest BCUT2D eigenvalue weighted by molar-refractivity contribution is 6.11. The number of Topliss-reactive ketones (excluding diaryl/α,β-unsaturated/α-hetero) is 1. The normalized spacial score (nSPS) is 14.5. The first-order valence-electron chi connectivity index (χ1n) is 6.96. The van der Waals surface area contributed by atoms with Gasteiger partial charge in [0.25, 0.3) is 5.91 Å². The van der Waals surface area contributed by atoms with Gasteiger partial charge in [-0.1, -0.05) is 12.1 Å². The van der Waals surface area contributed by atoms with Crippen LogP contribution in [0.5, 0.6) is 0 Å². The maximum atomic E-state index is 12.7. The predicted molar refractivity (Wildman–Crippen MR) is 82.5 cm³/mol. The molecule has 1 aliphatic rings. The highest BCUT2D eigenvalue weighted by Gasteiger charge is 2.25. The zero-order chi connectivity index (χ0) is 14.8. The second-order valence-electron chi connectivity index (χ2n) is 5.12. The van der Waals surface area contributed by atoms with E-state index in [-0.39, 0.29) is 11.7 Å². The van der Waals surface area contributed by atoms with Crippen molar-refractivity contribution in [1.82, 2.24) is 0 Å². The Labute approximate surface area is 123 Å². The molecule has 3 rings (SSSR count). The summed E-state index contributed by atoms with van der Waals surface area (Å²) in [7, 11) is 0. The SMILES string of the molecule is Nc1ccc(C(=O)N2CCCC(=O)c3ccccc32)cc1. The van der Waals surface area contributed by atoms with E-state index in [2.05, 4.69) is 0 Å². The molecule has 2 aromatic rings. The Bertz CT molecular complexity index is 692. The minimum atomic E-state index is -0.0999. The van der Waals surface area contributed by atoms with Gasteiger partial charge in [0, 0.05) is 29.8 Å². The molecular formula is C17H16N2O2. The number of ketones is 1. The number of nitrogen functional groups attached to an aromatic ring is 1. The van der Waals surface area contributed by atoms with E-state index in [1.807, 2.05) is 18.2 Å². The number of nitrogens with zero attached hydrogens (tertiary/aromatic N) is 1. The predicted octanol–water partition coefficient (Wildman–Crippen LogP) is 2.89. The first-order chi connectivity index (χ1) is 10.2. The summed E-state index contributed by atoms with van der Waals surface area (Å²) >= 11 is 0. The molecule has 21 heavy (non-hydrogen) atoms. The van der Waals surface area contributed by atoms with Gasteiger partial charge in [0.15, 0.2) is 5.78 Å². The molecule has 1 aliphatic heterocycles. The molecule has 1 heterocycles. The fourth-order valence-electron chi connectivity index (χ4n) is 2.59. The lowest BCUT2D eigenvalue weighted by atomic mass is 10.1. The molecule has 2 aromatic carbocycles. The zero-order valence-electron chi connectivity index (χ0n) is 11.6. The molecule has 0 spiro atoms. The molecule has 0 atom stereocenters. The molecule has 4 nitrogen and oxygen atoms in total. The number of amides is 1. The summed E-state index contributed by atoms with van der Waals surface area (Å²) < 4.78 is 0. The number of carbonyl (C=O) groups excluding carboxylic acids is 2. The standard InChI is InChI=1S/C17H16N2O2/c18-13-9-7-12(8-10-13)17(21)19-11-3-6-16(20)14-4-1-2-5-15(14)19/h1-2,4-5,7-10H,3,6,11,18H2. The first kappa shape index (κ1) is 13.4. The highest BCUT2D eigenvalue weighted by atomic mass is 16.2. The second kappa shape index (κ2) is 5.40. The summed E-state index contributed by atoms with van der Waals surface area (Å²) in [4.78, 5) is 26.5. The van der Waals surface area contributed by atoms with Gasteiger partial charge in [-0.25, -0.2) is 0 Å². The first-order valence-corrected chi connectivity index (χ1v) is 6.96. The molecule has 0 aromatic heterocycles. The van der Waals surface area contributed by atoms with Crippen molar-refractivity contribution in [2.24, 2.45) is 0 Å². The summed E-state index contributed by atoms with van der Waals surface area (Å²) in [6, 6.07) is 14.1. The van der Waals surface area contributed by atoms with Gasteiger partial charge < -0.3 is 10.6 Å². The van der Waals surface area contributed by atoms with Gasteiger partial charge in [0.1, 0.15) is 0 Å². The van der Waals surface area contributed by atoms with Crippen LogP contribution in [0.25, 0.3) is 0 Å². The molecule has 1 amide bonds. The molecule has 0 unspecified atom stereocenters.